The standard InChI is InChI=1S/C39H70O4/c1-3-5-7-9-11-13-15-17-18-19-20-21-22-23-24-26-28-30-32-34-39(41)43-38(36-40)37-42-35-33-31-29-27-25-16-14-12-10-8-6-4-2/h10-13,17-18,20-21,38,40H,3-9,14-16,19,22-37H2,1-2H3/b12-10-,13-11-,18-17-,21-20-. The Morgan fingerprint density at radius 3 is 1.56 bits per heavy atom. The third-order valence-corrected chi connectivity index (χ3v) is 7.63. The van der Waals surface area contributed by atoms with Crippen LogP contribution < -0.4 is 0 Å². The fourth-order valence-electron chi connectivity index (χ4n) is 4.84. The molecule has 0 aromatic heterocycles. The molecule has 1 N–H and O–H groups in total. The predicted octanol–water partition coefficient (Wildman–Crippen LogP) is 11.5. The van der Waals surface area contributed by atoms with Crippen molar-refractivity contribution in [3.63, 3.8) is 0 Å². The Balaban J connectivity index is 3.51. The highest BCUT2D eigenvalue weighted by molar-refractivity contribution is 5.69. The average Bonchev–Trinajstić information content (AvgIpc) is 3.01. The maximum Gasteiger partial charge on any atom is 0.306 e. The molecule has 0 spiro atoms. The van der Waals surface area contributed by atoms with Crippen LogP contribution in [0.5, 0.6) is 0 Å². The number of hydrogen-bond acceptors (Lipinski definition) is 4. The van der Waals surface area contributed by atoms with Gasteiger partial charge < -0.3 is 14.6 Å². The molecule has 0 aromatic rings. The molecule has 0 aromatic carbocycles. The molecule has 0 radical (unpaired) electrons. The molecule has 0 bridgehead atoms. The average molecular weight is 603 g/mol. The first-order valence-electron chi connectivity index (χ1n) is 18.2. The smallest absolute Gasteiger partial charge is 0.306 e. The number of unbranched alkanes of at least 4 members (excludes halogenated alkanes) is 17. The van der Waals surface area contributed by atoms with Crippen LogP contribution in [0.1, 0.15) is 168 Å². The Morgan fingerprint density at radius 2 is 1.00 bits per heavy atom. The minimum Gasteiger partial charge on any atom is -0.457 e. The van der Waals surface area contributed by atoms with Gasteiger partial charge in [0, 0.05) is 13.0 Å². The molecule has 0 fully saturated rings. The summed E-state index contributed by atoms with van der Waals surface area (Å²) in [5.41, 5.74) is 0. The normalized spacial score (nSPS) is 12.9. The molecule has 0 aliphatic rings. The number of rotatable bonds is 33. The molecule has 0 aliphatic carbocycles. The van der Waals surface area contributed by atoms with Gasteiger partial charge in [-0.25, -0.2) is 0 Å². The molecule has 250 valence electrons. The summed E-state index contributed by atoms with van der Waals surface area (Å²) in [5.74, 6) is -0.218. The van der Waals surface area contributed by atoms with Gasteiger partial charge in [0.25, 0.3) is 0 Å². The fraction of sp³-hybridized carbons (Fsp3) is 0.769. The van der Waals surface area contributed by atoms with Gasteiger partial charge in [-0.15, -0.1) is 0 Å². The van der Waals surface area contributed by atoms with Crippen LogP contribution >= 0.6 is 0 Å². The van der Waals surface area contributed by atoms with Gasteiger partial charge in [0.2, 0.25) is 0 Å². The number of ether oxygens (including phenoxy) is 2. The second-order valence-corrected chi connectivity index (χ2v) is 11.9. The summed E-state index contributed by atoms with van der Waals surface area (Å²) in [5, 5.41) is 9.54. The maximum absolute atomic E-state index is 12.1. The first kappa shape index (κ1) is 41.4. The molecular weight excluding hydrogens is 532 g/mol. The number of hydrogen-bond donors (Lipinski definition) is 1. The van der Waals surface area contributed by atoms with Gasteiger partial charge in [-0.1, -0.05) is 140 Å². The fourth-order valence-corrected chi connectivity index (χ4v) is 4.84. The third kappa shape index (κ3) is 34.7. The summed E-state index contributed by atoms with van der Waals surface area (Å²) in [6, 6.07) is 0. The van der Waals surface area contributed by atoms with Gasteiger partial charge in [0.1, 0.15) is 6.10 Å². The van der Waals surface area contributed by atoms with E-state index in [2.05, 4.69) is 62.5 Å². The van der Waals surface area contributed by atoms with Crippen molar-refractivity contribution in [2.45, 2.75) is 174 Å². The van der Waals surface area contributed by atoms with E-state index in [0.717, 1.165) is 44.9 Å². The van der Waals surface area contributed by atoms with Crippen LogP contribution in [0.3, 0.4) is 0 Å². The molecule has 0 amide bonds. The highest BCUT2D eigenvalue weighted by atomic mass is 16.6. The Labute approximate surface area is 267 Å². The molecule has 43 heavy (non-hydrogen) atoms. The zero-order chi connectivity index (χ0) is 31.3. The summed E-state index contributed by atoms with van der Waals surface area (Å²) >= 11 is 0. The van der Waals surface area contributed by atoms with Crippen LogP contribution in [0.25, 0.3) is 0 Å². The largest absolute Gasteiger partial charge is 0.457 e. The summed E-state index contributed by atoms with van der Waals surface area (Å²) in [6.45, 7) is 5.25. The SMILES string of the molecule is CCCC/C=C\CCCCCCCCOCC(CO)OC(=O)CCCCCCCC/C=C\C/C=C\C/C=C\CCCCC. The van der Waals surface area contributed by atoms with Crippen molar-refractivity contribution in [3.05, 3.63) is 48.6 Å². The molecule has 0 rings (SSSR count). The van der Waals surface area contributed by atoms with Gasteiger partial charge in [0.15, 0.2) is 0 Å². The predicted molar refractivity (Wildman–Crippen MR) is 187 cm³/mol. The molecule has 4 heteroatoms. The van der Waals surface area contributed by atoms with Crippen molar-refractivity contribution in [2.24, 2.45) is 0 Å². The van der Waals surface area contributed by atoms with E-state index in [9.17, 15) is 9.90 Å². The van der Waals surface area contributed by atoms with Crippen LogP contribution in [0.2, 0.25) is 0 Å². The Hall–Kier alpha value is -1.65. The van der Waals surface area contributed by atoms with E-state index >= 15 is 0 Å². The molecule has 4 nitrogen and oxygen atoms in total. The molecule has 0 aliphatic heterocycles. The van der Waals surface area contributed by atoms with Crippen molar-refractivity contribution in [3.8, 4) is 0 Å². The monoisotopic (exact) mass is 603 g/mol. The molecule has 0 heterocycles. The molecule has 1 unspecified atom stereocenters. The van der Waals surface area contributed by atoms with Gasteiger partial charge in [-0.2, -0.15) is 0 Å². The summed E-state index contributed by atoms with van der Waals surface area (Å²) in [6.07, 6.45) is 45.7. The van der Waals surface area contributed by atoms with E-state index < -0.39 is 6.10 Å². The maximum atomic E-state index is 12.1. The number of carbonyl (C=O) groups excluding carboxylic acids is 1. The molecule has 1 atom stereocenters. The van der Waals surface area contributed by atoms with Gasteiger partial charge in [-0.05, 0) is 70.6 Å². The quantitative estimate of drug-likeness (QED) is 0.0461. The summed E-state index contributed by atoms with van der Waals surface area (Å²) < 4.78 is 11.1. The van der Waals surface area contributed by atoms with E-state index in [4.69, 9.17) is 9.47 Å². The van der Waals surface area contributed by atoms with E-state index in [1.54, 1.807) is 0 Å². The molecule has 0 saturated heterocycles. The summed E-state index contributed by atoms with van der Waals surface area (Å²) in [4.78, 5) is 12.1. The van der Waals surface area contributed by atoms with Gasteiger partial charge in [-0.3, -0.25) is 4.79 Å². The number of carbonyl (C=O) groups is 1. The topological polar surface area (TPSA) is 55.8 Å². The lowest BCUT2D eigenvalue weighted by atomic mass is 10.1. The summed E-state index contributed by atoms with van der Waals surface area (Å²) in [7, 11) is 0. The van der Waals surface area contributed by atoms with E-state index in [1.807, 2.05) is 0 Å². The van der Waals surface area contributed by atoms with Crippen LogP contribution in [-0.4, -0.2) is 37.0 Å². The van der Waals surface area contributed by atoms with Crippen molar-refractivity contribution < 1.29 is 19.4 Å². The highest BCUT2D eigenvalue weighted by Crippen LogP contribution is 2.11. The third-order valence-electron chi connectivity index (χ3n) is 7.63. The van der Waals surface area contributed by atoms with Gasteiger partial charge in [0.05, 0.1) is 13.2 Å². The van der Waals surface area contributed by atoms with Gasteiger partial charge >= 0.3 is 5.97 Å². The number of esters is 1. The minimum absolute atomic E-state index is 0.181. The van der Waals surface area contributed by atoms with E-state index in [0.29, 0.717) is 13.0 Å². The van der Waals surface area contributed by atoms with E-state index in [-0.39, 0.29) is 19.2 Å². The van der Waals surface area contributed by atoms with Crippen LogP contribution in [0, 0.1) is 0 Å². The lowest BCUT2D eigenvalue weighted by Crippen LogP contribution is -2.27. The van der Waals surface area contributed by atoms with Crippen LogP contribution in [-0.2, 0) is 14.3 Å². The Bertz CT molecular complexity index is 679. The van der Waals surface area contributed by atoms with Crippen molar-refractivity contribution in [1.82, 2.24) is 0 Å². The van der Waals surface area contributed by atoms with Crippen molar-refractivity contribution in [2.75, 3.05) is 19.8 Å². The van der Waals surface area contributed by atoms with Crippen molar-refractivity contribution >= 4 is 5.97 Å². The highest BCUT2D eigenvalue weighted by Gasteiger charge is 2.13. The van der Waals surface area contributed by atoms with Crippen LogP contribution in [0.15, 0.2) is 48.6 Å². The van der Waals surface area contributed by atoms with Crippen molar-refractivity contribution in [1.29, 1.82) is 0 Å². The first-order chi connectivity index (χ1) is 21.2. The van der Waals surface area contributed by atoms with E-state index in [1.165, 1.54) is 103 Å². The lowest BCUT2D eigenvalue weighted by Gasteiger charge is -2.15. The first-order valence-corrected chi connectivity index (χ1v) is 18.2. The zero-order valence-electron chi connectivity index (χ0n) is 28.5. The number of aliphatic hydroxyl groups is 1. The number of allylic oxidation sites excluding steroid dienone is 8. The molecule has 0 saturated carbocycles. The second kappa shape index (κ2) is 36.5. The second-order valence-electron chi connectivity index (χ2n) is 11.9. The lowest BCUT2D eigenvalue weighted by molar-refractivity contribution is -0.154. The Morgan fingerprint density at radius 1 is 0.558 bits per heavy atom. The van der Waals surface area contributed by atoms with Crippen LogP contribution in [0.4, 0.5) is 0 Å². The minimum atomic E-state index is -0.543. The zero-order valence-corrected chi connectivity index (χ0v) is 28.5. The molecular formula is C39H70O4. The Kier molecular flexibility index (Phi) is 35.1. The number of aliphatic hydroxyl groups excluding tert-OH is 1.